The van der Waals surface area contributed by atoms with Crippen LogP contribution < -0.4 is 9.80 Å². The number of phenols is 1. The van der Waals surface area contributed by atoms with Gasteiger partial charge in [0, 0.05) is 6.42 Å². The van der Waals surface area contributed by atoms with E-state index in [1.54, 1.807) is 0 Å². The number of aromatic hydroxyl groups is 1. The minimum absolute atomic E-state index is 0.0246. The van der Waals surface area contributed by atoms with Gasteiger partial charge in [-0.2, -0.15) is 4.39 Å². The van der Waals surface area contributed by atoms with Crippen LogP contribution in [0.5, 0.6) is 11.5 Å². The maximum absolute atomic E-state index is 14.4. The number of carbonyl (C=O) groups is 2. The molecule has 1 heterocycles. The summed E-state index contributed by atoms with van der Waals surface area (Å²) < 4.78 is 24.3. The van der Waals surface area contributed by atoms with Gasteiger partial charge in [-0.05, 0) is 30.2 Å². The molecule has 0 atom stereocenters. The number of hydrogen-bond donors (Lipinski definition) is 2. The van der Waals surface area contributed by atoms with Crippen molar-refractivity contribution in [3.8, 4) is 11.5 Å². The molecule has 0 spiro atoms. The predicted octanol–water partition coefficient (Wildman–Crippen LogP) is 1.97. The van der Waals surface area contributed by atoms with Crippen LogP contribution in [0.2, 0.25) is 0 Å². The average Bonchev–Trinajstić information content (AvgIpc) is 2.57. The fourth-order valence-electron chi connectivity index (χ4n) is 2.55. The number of carbonyl (C=O) groups excluding carboxylic acids is 2. The van der Waals surface area contributed by atoms with Crippen LogP contribution in [0.1, 0.15) is 18.4 Å². The molecule has 0 saturated heterocycles. The Morgan fingerprint density at radius 3 is 2.92 bits per heavy atom. The molecule has 1 aliphatic carbocycles. The van der Waals surface area contributed by atoms with Crippen LogP contribution >= 0.6 is 0 Å². The zero-order valence-electron chi connectivity index (χ0n) is 12.7. The highest BCUT2D eigenvalue weighted by Crippen LogP contribution is 2.45. The van der Waals surface area contributed by atoms with Gasteiger partial charge in [-0.15, -0.1) is 0 Å². The predicted molar refractivity (Wildman–Crippen MR) is 79.1 cm³/mol. The topological polar surface area (TPSA) is 96.3 Å². The third kappa shape index (κ3) is 2.61. The number of ketones is 1. The first kappa shape index (κ1) is 16.0. The number of esters is 1. The number of fused-ring (bicyclic) bond motifs is 1. The van der Waals surface area contributed by atoms with E-state index in [1.165, 1.54) is 25.3 Å². The smallest absolute Gasteiger partial charge is 0.305 e. The number of halogens is 1. The first-order chi connectivity index (χ1) is 11.4. The van der Waals surface area contributed by atoms with E-state index in [4.69, 9.17) is 4.74 Å². The molecular weight excluding hydrogens is 321 g/mol. The number of rotatable bonds is 3. The third-order valence-electron chi connectivity index (χ3n) is 3.81. The Morgan fingerprint density at radius 1 is 1.46 bits per heavy atom. The molecular formula is C16H14FNO6. The number of nitrogens with zero attached hydrogens (tertiary/aromatic N) is 1. The number of allylic oxidation sites excluding steroid dienone is 3. The molecule has 1 aliphatic heterocycles. The minimum Gasteiger partial charge on any atom is -0.505 e. The summed E-state index contributed by atoms with van der Waals surface area (Å²) in [4.78, 5) is 22.7. The van der Waals surface area contributed by atoms with Gasteiger partial charge in [-0.1, -0.05) is 0 Å². The fourth-order valence-corrected chi connectivity index (χ4v) is 2.55. The van der Waals surface area contributed by atoms with Gasteiger partial charge < -0.3 is 14.6 Å². The Labute approximate surface area is 136 Å². The van der Waals surface area contributed by atoms with Gasteiger partial charge in [0.15, 0.2) is 17.3 Å². The van der Waals surface area contributed by atoms with Gasteiger partial charge >= 0.3 is 5.97 Å². The van der Waals surface area contributed by atoms with Crippen molar-refractivity contribution in [2.24, 2.45) is 0 Å². The highest BCUT2D eigenvalue weighted by atomic mass is 19.1. The largest absolute Gasteiger partial charge is 0.505 e. The summed E-state index contributed by atoms with van der Waals surface area (Å²) in [6.07, 6.45) is 2.49. The number of ether oxygens (including phenoxy) is 2. The number of methoxy groups -OCH3 is 1. The number of benzene rings is 1. The van der Waals surface area contributed by atoms with Crippen molar-refractivity contribution >= 4 is 17.4 Å². The molecule has 7 nitrogen and oxygen atoms in total. The van der Waals surface area contributed by atoms with Crippen molar-refractivity contribution in [1.82, 2.24) is 0 Å². The normalized spacial score (nSPS) is 15.8. The van der Waals surface area contributed by atoms with Crippen molar-refractivity contribution < 1.29 is 33.8 Å². The first-order valence-electron chi connectivity index (χ1n) is 7.14. The van der Waals surface area contributed by atoms with E-state index in [-0.39, 0.29) is 53.5 Å². The summed E-state index contributed by atoms with van der Waals surface area (Å²) in [5, 5.41) is 21.0. The van der Waals surface area contributed by atoms with E-state index in [1.807, 2.05) is 0 Å². The zero-order valence-corrected chi connectivity index (χ0v) is 12.7. The van der Waals surface area contributed by atoms with Crippen LogP contribution in [0.25, 0.3) is 0 Å². The number of hydrogen-bond acceptors (Lipinski definition) is 7. The Bertz CT molecular complexity index is 798. The van der Waals surface area contributed by atoms with E-state index in [2.05, 4.69) is 4.74 Å². The highest BCUT2D eigenvalue weighted by molar-refractivity contribution is 5.94. The van der Waals surface area contributed by atoms with Crippen molar-refractivity contribution in [2.45, 2.75) is 19.3 Å². The molecule has 0 unspecified atom stereocenters. The molecule has 0 radical (unpaired) electrons. The summed E-state index contributed by atoms with van der Waals surface area (Å²) in [6, 6.07) is 1.32. The maximum atomic E-state index is 14.4. The molecule has 0 aromatic heterocycles. The van der Waals surface area contributed by atoms with E-state index in [0.717, 1.165) is 0 Å². The first-order valence-corrected chi connectivity index (χ1v) is 7.14. The summed E-state index contributed by atoms with van der Waals surface area (Å²) in [5.41, 5.74) is 0.313. The summed E-state index contributed by atoms with van der Waals surface area (Å²) >= 11 is 0. The van der Waals surface area contributed by atoms with E-state index < -0.39 is 17.5 Å². The van der Waals surface area contributed by atoms with Crippen molar-refractivity contribution in [1.29, 1.82) is 0 Å². The molecule has 0 saturated carbocycles. The van der Waals surface area contributed by atoms with E-state index in [9.17, 15) is 24.3 Å². The van der Waals surface area contributed by atoms with Gasteiger partial charge in [0.05, 0.1) is 13.5 Å². The Balaban J connectivity index is 1.99. The van der Waals surface area contributed by atoms with Crippen molar-refractivity contribution in [2.75, 3.05) is 12.2 Å². The second-order valence-corrected chi connectivity index (χ2v) is 5.32. The lowest BCUT2D eigenvalue weighted by Crippen LogP contribution is -2.28. The maximum Gasteiger partial charge on any atom is 0.305 e. The Hall–Kier alpha value is -2.87. The lowest BCUT2D eigenvalue weighted by molar-refractivity contribution is -0.140. The van der Waals surface area contributed by atoms with E-state index in [0.29, 0.717) is 5.06 Å². The zero-order chi connectivity index (χ0) is 17.4. The monoisotopic (exact) mass is 335 g/mol. The third-order valence-corrected chi connectivity index (χ3v) is 3.81. The Kier molecular flexibility index (Phi) is 3.98. The van der Waals surface area contributed by atoms with Crippen LogP contribution in [0.3, 0.4) is 0 Å². The van der Waals surface area contributed by atoms with Crippen molar-refractivity contribution in [3.05, 3.63) is 41.1 Å². The Morgan fingerprint density at radius 2 is 2.21 bits per heavy atom. The molecule has 8 heteroatoms. The minimum atomic E-state index is -1.07. The van der Waals surface area contributed by atoms with Crippen LogP contribution in [0, 0.1) is 5.82 Å². The molecule has 1 aromatic rings. The van der Waals surface area contributed by atoms with Gasteiger partial charge in [-0.3, -0.25) is 14.8 Å². The number of hydroxylamine groups is 1. The summed E-state index contributed by atoms with van der Waals surface area (Å²) in [6.45, 7) is 0. The molecule has 0 amide bonds. The molecule has 24 heavy (non-hydrogen) atoms. The number of aryl methyl sites for hydroxylation is 1. The quantitative estimate of drug-likeness (QED) is 0.815. The summed E-state index contributed by atoms with van der Waals surface area (Å²) in [7, 11) is 1.23. The molecule has 2 aliphatic rings. The second kappa shape index (κ2) is 5.97. The molecule has 0 fully saturated rings. The molecule has 0 bridgehead atoms. The lowest BCUT2D eigenvalue weighted by Gasteiger charge is -2.31. The van der Waals surface area contributed by atoms with Crippen LogP contribution in [-0.2, 0) is 20.7 Å². The second-order valence-electron chi connectivity index (χ2n) is 5.32. The van der Waals surface area contributed by atoms with Crippen LogP contribution in [-0.4, -0.2) is 29.2 Å². The summed E-state index contributed by atoms with van der Waals surface area (Å²) in [5.74, 6) is -2.78. The molecule has 3 rings (SSSR count). The molecule has 126 valence electrons. The number of anilines is 1. The van der Waals surface area contributed by atoms with Crippen LogP contribution in [0.4, 0.5) is 10.1 Å². The van der Waals surface area contributed by atoms with Gasteiger partial charge in [0.1, 0.15) is 17.1 Å². The van der Waals surface area contributed by atoms with E-state index >= 15 is 0 Å². The average molecular weight is 335 g/mol. The molecule has 1 aromatic carbocycles. The molecule has 2 N–H and O–H groups in total. The van der Waals surface area contributed by atoms with Gasteiger partial charge in [0.25, 0.3) is 0 Å². The van der Waals surface area contributed by atoms with Crippen LogP contribution in [0.15, 0.2) is 29.7 Å². The lowest BCUT2D eigenvalue weighted by atomic mass is 10.0. The highest BCUT2D eigenvalue weighted by Gasteiger charge is 2.32. The van der Waals surface area contributed by atoms with Gasteiger partial charge in [-0.25, -0.2) is 5.06 Å². The fraction of sp³-hybridized carbons (Fsp3) is 0.250. The van der Waals surface area contributed by atoms with Crippen molar-refractivity contribution in [3.63, 3.8) is 0 Å². The number of phenolic OH excluding ortho intramolecular Hbond substituents is 1. The standard InChI is InChI=1S/C16H14FNO6/c1-23-13(20)5-2-8-6-11-16(14(17)15(8)21)24-12-7-9(19)3-4-10(12)18(11)22/h3-4,6,21-22H,2,5,7H2,1H3. The SMILES string of the molecule is COC(=O)CCc1cc2c(c(F)c1O)OC1=C(C=CC(=O)C1)N2O. The van der Waals surface area contributed by atoms with Gasteiger partial charge in [0.2, 0.25) is 5.82 Å².